The second kappa shape index (κ2) is 7.53. The standard InChI is InChI=1S/C21H16F4N4O2/c1-10-19(20(31)28-13-3-5-17-11(6-13)9-26-29-17)15(8-18(30)27-10)14-4-2-12(7-16(14)22)21(23,24)25/h2-7,9,15H,8H2,1H3,(H,26,29)(H,27,30)(H,28,31). The van der Waals surface area contributed by atoms with Crippen LogP contribution in [0.15, 0.2) is 53.9 Å². The highest BCUT2D eigenvalue weighted by Crippen LogP contribution is 2.37. The average Bonchev–Trinajstić information content (AvgIpc) is 3.14. The van der Waals surface area contributed by atoms with Crippen molar-refractivity contribution in [2.75, 3.05) is 5.32 Å². The Bertz CT molecular complexity index is 1230. The lowest BCUT2D eigenvalue weighted by Gasteiger charge is -2.27. The molecule has 160 valence electrons. The lowest BCUT2D eigenvalue weighted by molar-refractivity contribution is -0.137. The molecule has 3 aromatic rings. The Hall–Kier alpha value is -3.69. The molecule has 6 nitrogen and oxygen atoms in total. The van der Waals surface area contributed by atoms with Gasteiger partial charge in [-0.15, -0.1) is 0 Å². The van der Waals surface area contributed by atoms with E-state index in [0.29, 0.717) is 11.8 Å². The number of nitrogens with one attached hydrogen (secondary N) is 3. The first-order valence-corrected chi connectivity index (χ1v) is 9.25. The fraction of sp³-hybridized carbons (Fsp3) is 0.190. The quantitative estimate of drug-likeness (QED) is 0.541. The van der Waals surface area contributed by atoms with Crippen LogP contribution in [0.25, 0.3) is 10.9 Å². The molecule has 2 heterocycles. The number of halogens is 4. The first-order valence-electron chi connectivity index (χ1n) is 9.25. The minimum atomic E-state index is -4.71. The number of hydrogen-bond acceptors (Lipinski definition) is 3. The number of carbonyl (C=O) groups is 2. The molecule has 2 amide bonds. The maximum absolute atomic E-state index is 14.6. The number of H-pyrrole nitrogens is 1. The van der Waals surface area contributed by atoms with Crippen molar-refractivity contribution in [1.82, 2.24) is 15.5 Å². The molecule has 4 rings (SSSR count). The van der Waals surface area contributed by atoms with Crippen molar-refractivity contribution in [3.05, 3.63) is 70.8 Å². The Morgan fingerprint density at radius 3 is 2.68 bits per heavy atom. The predicted molar refractivity (Wildman–Crippen MR) is 104 cm³/mol. The number of anilines is 1. The molecule has 1 aliphatic heterocycles. The highest BCUT2D eigenvalue weighted by molar-refractivity contribution is 6.07. The third-order valence-electron chi connectivity index (χ3n) is 5.11. The van der Waals surface area contributed by atoms with Crippen LogP contribution in [0.3, 0.4) is 0 Å². The zero-order chi connectivity index (χ0) is 22.3. The third-order valence-corrected chi connectivity index (χ3v) is 5.11. The topological polar surface area (TPSA) is 86.9 Å². The van der Waals surface area contributed by atoms with Gasteiger partial charge in [0.15, 0.2) is 0 Å². The maximum atomic E-state index is 14.6. The van der Waals surface area contributed by atoms with E-state index in [2.05, 4.69) is 20.8 Å². The minimum Gasteiger partial charge on any atom is -0.330 e. The van der Waals surface area contributed by atoms with Crippen LogP contribution in [0, 0.1) is 5.82 Å². The van der Waals surface area contributed by atoms with Gasteiger partial charge >= 0.3 is 6.18 Å². The van der Waals surface area contributed by atoms with E-state index >= 15 is 0 Å². The van der Waals surface area contributed by atoms with E-state index in [1.807, 2.05) is 0 Å². The van der Waals surface area contributed by atoms with Gasteiger partial charge < -0.3 is 10.6 Å². The van der Waals surface area contributed by atoms with Gasteiger partial charge in [0.05, 0.1) is 17.3 Å². The third kappa shape index (κ3) is 4.00. The van der Waals surface area contributed by atoms with Crippen molar-refractivity contribution < 1.29 is 27.2 Å². The monoisotopic (exact) mass is 432 g/mol. The van der Waals surface area contributed by atoms with Crippen LogP contribution >= 0.6 is 0 Å². The fourth-order valence-electron chi connectivity index (χ4n) is 3.68. The lowest BCUT2D eigenvalue weighted by atomic mass is 9.83. The van der Waals surface area contributed by atoms with Crippen LogP contribution < -0.4 is 10.6 Å². The van der Waals surface area contributed by atoms with Crippen molar-refractivity contribution in [2.45, 2.75) is 25.4 Å². The number of carbonyl (C=O) groups excluding carboxylic acids is 2. The molecule has 2 aromatic carbocycles. The van der Waals surface area contributed by atoms with E-state index in [0.717, 1.165) is 23.0 Å². The summed E-state index contributed by atoms with van der Waals surface area (Å²) in [6, 6.07) is 7.13. The van der Waals surface area contributed by atoms with Gasteiger partial charge in [-0.1, -0.05) is 6.07 Å². The summed E-state index contributed by atoms with van der Waals surface area (Å²) in [6.07, 6.45) is -3.40. The predicted octanol–water partition coefficient (Wildman–Crippen LogP) is 4.24. The Labute approximate surface area is 173 Å². The van der Waals surface area contributed by atoms with Crippen LogP contribution in [-0.2, 0) is 15.8 Å². The number of nitrogens with zero attached hydrogens (tertiary/aromatic N) is 1. The second-order valence-electron chi connectivity index (χ2n) is 7.20. The van der Waals surface area contributed by atoms with Crippen LogP contribution in [0.1, 0.15) is 30.4 Å². The van der Waals surface area contributed by atoms with Gasteiger partial charge in [-0.2, -0.15) is 18.3 Å². The number of amides is 2. The average molecular weight is 432 g/mol. The Kier molecular flexibility index (Phi) is 5.00. The molecule has 0 radical (unpaired) electrons. The molecular formula is C21H16F4N4O2. The molecule has 0 saturated carbocycles. The molecule has 31 heavy (non-hydrogen) atoms. The van der Waals surface area contributed by atoms with Crippen LogP contribution in [-0.4, -0.2) is 22.0 Å². The van der Waals surface area contributed by atoms with E-state index in [1.165, 1.54) is 6.92 Å². The number of fused-ring (bicyclic) bond motifs is 1. The van der Waals surface area contributed by atoms with Crippen LogP contribution in [0.4, 0.5) is 23.2 Å². The van der Waals surface area contributed by atoms with Gasteiger partial charge in [0.1, 0.15) is 5.82 Å². The molecule has 0 fully saturated rings. The summed E-state index contributed by atoms with van der Waals surface area (Å²) in [7, 11) is 0. The molecule has 3 N–H and O–H groups in total. The molecule has 0 saturated heterocycles. The summed E-state index contributed by atoms with van der Waals surface area (Å²) in [5.74, 6) is -3.22. The van der Waals surface area contributed by atoms with Gasteiger partial charge in [0.2, 0.25) is 5.91 Å². The molecule has 1 aromatic heterocycles. The number of aromatic nitrogens is 2. The van der Waals surface area contributed by atoms with Gasteiger partial charge in [-0.3, -0.25) is 14.7 Å². The van der Waals surface area contributed by atoms with E-state index in [9.17, 15) is 27.2 Å². The summed E-state index contributed by atoms with van der Waals surface area (Å²) in [4.78, 5) is 25.1. The summed E-state index contributed by atoms with van der Waals surface area (Å²) >= 11 is 0. The molecule has 0 spiro atoms. The summed E-state index contributed by atoms with van der Waals surface area (Å²) in [5, 5.41) is 12.7. The molecule has 0 bridgehead atoms. The number of allylic oxidation sites excluding steroid dienone is 1. The highest BCUT2D eigenvalue weighted by atomic mass is 19.4. The zero-order valence-electron chi connectivity index (χ0n) is 16.1. The van der Waals surface area contributed by atoms with E-state index < -0.39 is 35.3 Å². The molecular weight excluding hydrogens is 416 g/mol. The smallest absolute Gasteiger partial charge is 0.330 e. The number of alkyl halides is 3. The van der Waals surface area contributed by atoms with Crippen molar-refractivity contribution in [1.29, 1.82) is 0 Å². The van der Waals surface area contributed by atoms with Crippen LogP contribution in [0.5, 0.6) is 0 Å². The van der Waals surface area contributed by atoms with E-state index in [4.69, 9.17) is 0 Å². The molecule has 0 aliphatic carbocycles. The van der Waals surface area contributed by atoms with Gasteiger partial charge in [-0.05, 0) is 42.8 Å². The Morgan fingerprint density at radius 1 is 1.19 bits per heavy atom. The van der Waals surface area contributed by atoms with Crippen molar-refractivity contribution in [3.63, 3.8) is 0 Å². The zero-order valence-corrected chi connectivity index (χ0v) is 16.1. The summed E-state index contributed by atoms with van der Waals surface area (Å²) in [5.41, 5.74) is 0.200. The highest BCUT2D eigenvalue weighted by Gasteiger charge is 2.36. The van der Waals surface area contributed by atoms with E-state index in [1.54, 1.807) is 24.4 Å². The van der Waals surface area contributed by atoms with Gasteiger partial charge in [0.25, 0.3) is 5.91 Å². The first-order chi connectivity index (χ1) is 14.6. The molecule has 1 aliphatic rings. The molecule has 10 heteroatoms. The molecule has 1 unspecified atom stereocenters. The summed E-state index contributed by atoms with van der Waals surface area (Å²) < 4.78 is 53.3. The molecule has 1 atom stereocenters. The van der Waals surface area contributed by atoms with Crippen molar-refractivity contribution in [2.24, 2.45) is 0 Å². The maximum Gasteiger partial charge on any atom is 0.416 e. The second-order valence-corrected chi connectivity index (χ2v) is 7.20. The van der Waals surface area contributed by atoms with Crippen molar-refractivity contribution >= 4 is 28.4 Å². The first kappa shape index (κ1) is 20.6. The largest absolute Gasteiger partial charge is 0.416 e. The Balaban J connectivity index is 1.69. The Morgan fingerprint density at radius 2 is 1.97 bits per heavy atom. The fourth-order valence-corrected chi connectivity index (χ4v) is 3.68. The van der Waals surface area contributed by atoms with Crippen LogP contribution in [0.2, 0.25) is 0 Å². The van der Waals surface area contributed by atoms with Gasteiger partial charge in [0, 0.05) is 34.7 Å². The van der Waals surface area contributed by atoms with Crippen molar-refractivity contribution in [3.8, 4) is 0 Å². The number of hydrogen-bond donors (Lipinski definition) is 3. The SMILES string of the molecule is CC1=C(C(=O)Nc2ccc3[nH]ncc3c2)C(c2ccc(C(F)(F)F)cc2F)CC(=O)N1. The van der Waals surface area contributed by atoms with E-state index in [-0.39, 0.29) is 23.3 Å². The minimum absolute atomic E-state index is 0.0746. The van der Waals surface area contributed by atoms with Gasteiger partial charge in [-0.25, -0.2) is 4.39 Å². The lowest BCUT2D eigenvalue weighted by Crippen LogP contribution is -2.35. The summed E-state index contributed by atoms with van der Waals surface area (Å²) in [6.45, 7) is 1.49. The normalized spacial score (nSPS) is 17.1. The number of aromatic amines is 1. The number of rotatable bonds is 3. The number of benzene rings is 2.